The number of aryl methyl sites for hydroxylation is 1. The lowest BCUT2D eigenvalue weighted by Crippen LogP contribution is -2.32. The van der Waals surface area contributed by atoms with Crippen LogP contribution in [0.2, 0.25) is 5.02 Å². The second-order valence-electron chi connectivity index (χ2n) is 7.47. The highest BCUT2D eigenvalue weighted by atomic mass is 35.5. The van der Waals surface area contributed by atoms with Crippen LogP contribution in [-0.4, -0.2) is 27.8 Å². The second kappa shape index (κ2) is 10.7. The van der Waals surface area contributed by atoms with Crippen molar-refractivity contribution >= 4 is 39.9 Å². The second-order valence-corrected chi connectivity index (χ2v) is 7.88. The Morgan fingerprint density at radius 3 is 2.61 bits per heavy atom. The number of halogens is 1. The summed E-state index contributed by atoms with van der Waals surface area (Å²) < 4.78 is 6.64. The van der Waals surface area contributed by atoms with Gasteiger partial charge >= 0.3 is 5.97 Å². The van der Waals surface area contributed by atoms with Crippen LogP contribution in [0, 0.1) is 11.3 Å². The van der Waals surface area contributed by atoms with Gasteiger partial charge in [0.15, 0.2) is 11.8 Å². The van der Waals surface area contributed by atoms with Crippen LogP contribution < -0.4 is 10.9 Å². The molecule has 3 rings (SSSR count). The predicted molar refractivity (Wildman–Crippen MR) is 125 cm³/mol. The number of benzene rings is 2. The number of aromatic nitrogens is 2. The molecular weight excluding hydrogens is 444 g/mol. The zero-order valence-corrected chi connectivity index (χ0v) is 19.1. The van der Waals surface area contributed by atoms with Gasteiger partial charge in [-0.2, -0.15) is 10.4 Å². The van der Waals surface area contributed by atoms with Gasteiger partial charge in [0.25, 0.3) is 11.5 Å². The minimum absolute atomic E-state index is 0.0252. The quantitative estimate of drug-likeness (QED) is 0.391. The topological polar surface area (TPSA) is 114 Å². The number of nitriles is 1. The first-order valence-electron chi connectivity index (χ1n) is 10.6. The number of carbonyl (C=O) groups is 2. The van der Waals surface area contributed by atoms with Crippen molar-refractivity contribution in [1.82, 2.24) is 9.78 Å². The zero-order valence-electron chi connectivity index (χ0n) is 18.3. The van der Waals surface area contributed by atoms with E-state index in [0.29, 0.717) is 23.0 Å². The maximum atomic E-state index is 12.9. The Morgan fingerprint density at radius 1 is 1.21 bits per heavy atom. The lowest BCUT2D eigenvalue weighted by Gasteiger charge is -2.15. The number of hydrogen-bond acceptors (Lipinski definition) is 6. The van der Waals surface area contributed by atoms with Crippen LogP contribution in [0.4, 0.5) is 5.69 Å². The Bertz CT molecular complexity index is 1300. The number of fused-ring (bicyclic) bond motifs is 1. The van der Waals surface area contributed by atoms with Gasteiger partial charge in [0.05, 0.1) is 16.0 Å². The van der Waals surface area contributed by atoms with Crippen molar-refractivity contribution in [2.75, 3.05) is 5.32 Å². The van der Waals surface area contributed by atoms with E-state index in [1.54, 1.807) is 24.3 Å². The standard InChI is InChI=1S/C24H23ClN4O4/c1-3-4-7-12-29-23(31)19-9-6-5-8-18(19)21(28-29)24(32)33-15(2)22(30)27-17-11-10-16(14-26)20(25)13-17/h5-6,8-11,13,15H,3-4,7,12H2,1-2H3,(H,27,30). The third kappa shape index (κ3) is 5.57. The maximum Gasteiger partial charge on any atom is 0.360 e. The average Bonchev–Trinajstić information content (AvgIpc) is 2.80. The molecule has 0 saturated heterocycles. The molecule has 1 heterocycles. The van der Waals surface area contributed by atoms with Crippen LogP contribution in [0.5, 0.6) is 0 Å². The molecule has 1 aromatic heterocycles. The van der Waals surface area contributed by atoms with Crippen molar-refractivity contribution in [2.24, 2.45) is 0 Å². The van der Waals surface area contributed by atoms with Gasteiger partial charge in [-0.25, -0.2) is 9.48 Å². The van der Waals surface area contributed by atoms with Crippen molar-refractivity contribution in [1.29, 1.82) is 5.26 Å². The molecule has 33 heavy (non-hydrogen) atoms. The Labute approximate surface area is 195 Å². The molecule has 0 bridgehead atoms. The van der Waals surface area contributed by atoms with E-state index in [9.17, 15) is 14.4 Å². The number of rotatable bonds is 8. The highest BCUT2D eigenvalue weighted by Gasteiger charge is 2.23. The van der Waals surface area contributed by atoms with E-state index in [2.05, 4.69) is 17.3 Å². The first-order chi connectivity index (χ1) is 15.8. The monoisotopic (exact) mass is 466 g/mol. The van der Waals surface area contributed by atoms with E-state index in [-0.39, 0.29) is 21.8 Å². The molecule has 8 nitrogen and oxygen atoms in total. The third-order valence-corrected chi connectivity index (χ3v) is 5.36. The minimum atomic E-state index is -1.15. The molecule has 1 atom stereocenters. The van der Waals surface area contributed by atoms with Gasteiger partial charge in [-0.15, -0.1) is 0 Å². The fourth-order valence-electron chi connectivity index (χ4n) is 3.25. The van der Waals surface area contributed by atoms with Gasteiger partial charge in [0.1, 0.15) is 6.07 Å². The number of anilines is 1. The van der Waals surface area contributed by atoms with E-state index in [0.717, 1.165) is 19.3 Å². The number of carbonyl (C=O) groups excluding carboxylic acids is 2. The van der Waals surface area contributed by atoms with Crippen molar-refractivity contribution in [3.05, 3.63) is 69.1 Å². The van der Waals surface area contributed by atoms with Gasteiger partial charge < -0.3 is 10.1 Å². The van der Waals surface area contributed by atoms with Gasteiger partial charge in [-0.05, 0) is 37.6 Å². The van der Waals surface area contributed by atoms with Crippen LogP contribution >= 0.6 is 11.6 Å². The molecule has 0 saturated carbocycles. The summed E-state index contributed by atoms with van der Waals surface area (Å²) in [6.07, 6.45) is 1.52. The fourth-order valence-corrected chi connectivity index (χ4v) is 3.47. The Kier molecular flexibility index (Phi) is 7.80. The van der Waals surface area contributed by atoms with Crippen molar-refractivity contribution in [3.8, 4) is 6.07 Å². The number of esters is 1. The van der Waals surface area contributed by atoms with Gasteiger partial charge in [0.2, 0.25) is 0 Å². The van der Waals surface area contributed by atoms with Gasteiger partial charge in [-0.1, -0.05) is 49.6 Å². The number of hydrogen-bond donors (Lipinski definition) is 1. The summed E-state index contributed by atoms with van der Waals surface area (Å²) in [6, 6.07) is 13.1. The Hall–Kier alpha value is -3.70. The average molecular weight is 467 g/mol. The summed E-state index contributed by atoms with van der Waals surface area (Å²) in [6.45, 7) is 3.86. The lowest BCUT2D eigenvalue weighted by atomic mass is 10.1. The summed E-state index contributed by atoms with van der Waals surface area (Å²) in [7, 11) is 0. The van der Waals surface area contributed by atoms with Crippen LogP contribution in [-0.2, 0) is 16.1 Å². The van der Waals surface area contributed by atoms with Gasteiger partial charge in [0, 0.05) is 17.6 Å². The van der Waals surface area contributed by atoms with E-state index < -0.39 is 18.0 Å². The fraction of sp³-hybridized carbons (Fsp3) is 0.292. The Morgan fingerprint density at radius 2 is 1.94 bits per heavy atom. The highest BCUT2D eigenvalue weighted by molar-refractivity contribution is 6.32. The molecule has 0 fully saturated rings. The molecule has 0 radical (unpaired) electrons. The summed E-state index contributed by atoms with van der Waals surface area (Å²) in [4.78, 5) is 38.2. The first kappa shape index (κ1) is 24.0. The third-order valence-electron chi connectivity index (χ3n) is 5.04. The highest BCUT2D eigenvalue weighted by Crippen LogP contribution is 2.21. The van der Waals surface area contributed by atoms with Crippen molar-refractivity contribution in [2.45, 2.75) is 45.8 Å². The van der Waals surface area contributed by atoms with E-state index in [4.69, 9.17) is 21.6 Å². The first-order valence-corrected chi connectivity index (χ1v) is 10.9. The minimum Gasteiger partial charge on any atom is -0.448 e. The molecule has 0 aliphatic heterocycles. The number of nitrogens with zero attached hydrogens (tertiary/aromatic N) is 3. The van der Waals surface area contributed by atoms with Crippen LogP contribution in [0.3, 0.4) is 0 Å². The molecule has 9 heteroatoms. The molecule has 170 valence electrons. The molecule has 3 aromatic rings. The molecule has 2 aromatic carbocycles. The number of ether oxygens (including phenoxy) is 1. The van der Waals surface area contributed by atoms with Crippen LogP contribution in [0.1, 0.15) is 49.2 Å². The van der Waals surface area contributed by atoms with Crippen LogP contribution in [0.15, 0.2) is 47.3 Å². The molecule has 1 amide bonds. The summed E-state index contributed by atoms with van der Waals surface area (Å²) in [5.74, 6) is -1.39. The molecular formula is C24H23ClN4O4. The normalized spacial score (nSPS) is 11.6. The SMILES string of the molecule is CCCCCn1nc(C(=O)OC(C)C(=O)Nc2ccc(C#N)c(Cl)c2)c2ccccc2c1=O. The molecule has 0 aliphatic carbocycles. The van der Waals surface area contributed by atoms with E-state index in [1.165, 1.54) is 29.8 Å². The molecule has 0 spiro atoms. The molecule has 0 aliphatic rings. The molecule has 1 N–H and O–H groups in total. The van der Waals surface area contributed by atoms with E-state index >= 15 is 0 Å². The predicted octanol–water partition coefficient (Wildman–Crippen LogP) is 4.30. The van der Waals surface area contributed by atoms with E-state index in [1.807, 2.05) is 6.07 Å². The van der Waals surface area contributed by atoms with Gasteiger partial charge in [-0.3, -0.25) is 9.59 Å². The largest absolute Gasteiger partial charge is 0.448 e. The lowest BCUT2D eigenvalue weighted by molar-refractivity contribution is -0.123. The van der Waals surface area contributed by atoms with Crippen molar-refractivity contribution in [3.63, 3.8) is 0 Å². The van der Waals surface area contributed by atoms with Crippen LogP contribution in [0.25, 0.3) is 10.8 Å². The summed E-state index contributed by atoms with van der Waals surface area (Å²) >= 11 is 5.99. The smallest absolute Gasteiger partial charge is 0.360 e. The zero-order chi connectivity index (χ0) is 24.0. The summed E-state index contributed by atoms with van der Waals surface area (Å²) in [5, 5.41) is 16.7. The number of amides is 1. The number of unbranched alkanes of at least 4 members (excludes halogenated alkanes) is 2. The maximum absolute atomic E-state index is 12.9. The van der Waals surface area contributed by atoms with Crippen molar-refractivity contribution < 1.29 is 14.3 Å². The summed E-state index contributed by atoms with van der Waals surface area (Å²) in [5.41, 5.74) is 0.339. The Balaban J connectivity index is 1.81. The number of nitrogens with one attached hydrogen (secondary N) is 1. The molecule has 1 unspecified atom stereocenters.